The van der Waals surface area contributed by atoms with Crippen LogP contribution in [0.3, 0.4) is 0 Å². The highest BCUT2D eigenvalue weighted by Crippen LogP contribution is 2.54. The zero-order valence-electron chi connectivity index (χ0n) is 37.5. The van der Waals surface area contributed by atoms with Crippen LogP contribution in [0.4, 0.5) is 34.1 Å². The molecule has 12 aromatic carbocycles. The Morgan fingerprint density at radius 1 is 0.299 bits per heavy atom. The molecule has 2 nitrogen and oxygen atoms in total. The van der Waals surface area contributed by atoms with Crippen LogP contribution in [-0.4, -0.2) is 0 Å². The van der Waals surface area contributed by atoms with Gasteiger partial charge in [-0.1, -0.05) is 208 Å². The first-order valence-electron chi connectivity index (χ1n) is 23.3. The second-order valence-corrected chi connectivity index (χ2v) is 18.5. The van der Waals surface area contributed by atoms with E-state index in [9.17, 15) is 0 Å². The Hall–Kier alpha value is -8.46. The van der Waals surface area contributed by atoms with E-state index in [1.807, 2.05) is 0 Å². The van der Waals surface area contributed by atoms with Crippen LogP contribution in [0.5, 0.6) is 0 Å². The largest absolute Gasteiger partial charge is 0.310 e. The normalized spacial score (nSPS) is 12.7. The third-order valence-corrected chi connectivity index (χ3v) is 14.4. The standard InChI is InChI=1S/C65H46N2/c1-65(2)59-30-14-13-25-53(59)54-40-39-50(42-60(54)65)67(62-32-16-22-45-19-6-8-24-52(45)62)64-57-28-11-9-26-55(57)63(56-27-10-12-29-58(56)64)46-34-36-48(37-35-46)66(49-38-33-43-17-3-4-20-47(43)41-49)61-31-15-21-44-18-5-7-23-51(44)61/h3-42H,1-2H3. The molecule has 67 heavy (non-hydrogen) atoms. The number of rotatable bonds is 7. The van der Waals surface area contributed by atoms with Gasteiger partial charge in [-0.2, -0.15) is 0 Å². The second-order valence-electron chi connectivity index (χ2n) is 18.5. The molecule has 0 heterocycles. The monoisotopic (exact) mass is 854 g/mol. The van der Waals surface area contributed by atoms with Gasteiger partial charge in [0.25, 0.3) is 0 Å². The number of hydrogen-bond donors (Lipinski definition) is 0. The maximum Gasteiger partial charge on any atom is 0.0619 e. The van der Waals surface area contributed by atoms with Crippen molar-refractivity contribution in [1.82, 2.24) is 0 Å². The highest BCUT2D eigenvalue weighted by molar-refractivity contribution is 6.23. The highest BCUT2D eigenvalue weighted by Gasteiger charge is 2.36. The highest BCUT2D eigenvalue weighted by atomic mass is 15.2. The van der Waals surface area contributed by atoms with Gasteiger partial charge in [0.1, 0.15) is 0 Å². The minimum absolute atomic E-state index is 0.149. The molecule has 316 valence electrons. The van der Waals surface area contributed by atoms with Crippen LogP contribution in [0.15, 0.2) is 243 Å². The van der Waals surface area contributed by atoms with Crippen LogP contribution in [-0.2, 0) is 5.41 Å². The van der Waals surface area contributed by atoms with Crippen LogP contribution in [0.2, 0.25) is 0 Å². The van der Waals surface area contributed by atoms with Gasteiger partial charge in [-0.05, 0) is 114 Å². The Bertz CT molecular complexity index is 3850. The Balaban J connectivity index is 1.02. The molecule has 0 saturated carbocycles. The molecule has 0 aliphatic heterocycles. The first-order chi connectivity index (χ1) is 33.0. The lowest BCUT2D eigenvalue weighted by Crippen LogP contribution is -2.17. The van der Waals surface area contributed by atoms with Gasteiger partial charge in [-0.3, -0.25) is 0 Å². The van der Waals surface area contributed by atoms with E-state index >= 15 is 0 Å². The third kappa shape index (κ3) is 6.18. The van der Waals surface area contributed by atoms with Crippen LogP contribution >= 0.6 is 0 Å². The molecule has 0 bridgehead atoms. The fraction of sp³-hybridized carbons (Fsp3) is 0.0462. The smallest absolute Gasteiger partial charge is 0.0619 e. The van der Waals surface area contributed by atoms with E-state index in [2.05, 4.69) is 266 Å². The van der Waals surface area contributed by atoms with Crippen molar-refractivity contribution in [3.63, 3.8) is 0 Å². The molecule has 0 spiro atoms. The molecule has 1 aliphatic rings. The molecular formula is C65H46N2. The molecule has 13 rings (SSSR count). The Morgan fingerprint density at radius 3 is 1.42 bits per heavy atom. The van der Waals surface area contributed by atoms with Crippen molar-refractivity contribution in [1.29, 1.82) is 0 Å². The van der Waals surface area contributed by atoms with Crippen LogP contribution in [0.25, 0.3) is 76.1 Å². The molecule has 0 saturated heterocycles. The topological polar surface area (TPSA) is 6.48 Å². The van der Waals surface area contributed by atoms with Crippen LogP contribution < -0.4 is 9.80 Å². The number of anilines is 6. The molecule has 0 amide bonds. The average molecular weight is 855 g/mol. The number of hydrogen-bond acceptors (Lipinski definition) is 2. The van der Waals surface area contributed by atoms with E-state index in [4.69, 9.17) is 0 Å². The molecule has 0 N–H and O–H groups in total. The number of benzene rings is 12. The predicted octanol–water partition coefficient (Wildman–Crippen LogP) is 18.4. The lowest BCUT2D eigenvalue weighted by Gasteiger charge is -2.32. The quantitative estimate of drug-likeness (QED) is 0.147. The van der Waals surface area contributed by atoms with Crippen molar-refractivity contribution < 1.29 is 0 Å². The lowest BCUT2D eigenvalue weighted by atomic mass is 9.82. The summed E-state index contributed by atoms with van der Waals surface area (Å²) in [6.07, 6.45) is 0. The summed E-state index contributed by atoms with van der Waals surface area (Å²) in [4.78, 5) is 4.96. The minimum atomic E-state index is -0.149. The van der Waals surface area contributed by atoms with Gasteiger partial charge in [0.2, 0.25) is 0 Å². The molecule has 12 aromatic rings. The molecule has 1 aliphatic carbocycles. The Morgan fingerprint density at radius 2 is 0.761 bits per heavy atom. The second kappa shape index (κ2) is 15.3. The van der Waals surface area contributed by atoms with Gasteiger partial charge in [0, 0.05) is 44.0 Å². The van der Waals surface area contributed by atoms with Crippen molar-refractivity contribution in [3.8, 4) is 22.3 Å². The van der Waals surface area contributed by atoms with Crippen molar-refractivity contribution in [2.24, 2.45) is 0 Å². The van der Waals surface area contributed by atoms with Crippen LogP contribution in [0.1, 0.15) is 25.0 Å². The molecule has 0 atom stereocenters. The zero-order chi connectivity index (χ0) is 44.6. The Kier molecular flexibility index (Phi) is 8.91. The SMILES string of the molecule is CC1(C)c2ccccc2-c2ccc(N(c3cccc4ccccc34)c3c4ccccc4c(-c4ccc(N(c5ccc6ccccc6c5)c5cccc6ccccc56)cc4)c4ccccc34)cc21. The third-order valence-electron chi connectivity index (χ3n) is 14.4. The van der Waals surface area contributed by atoms with E-state index in [1.54, 1.807) is 0 Å². The van der Waals surface area contributed by atoms with Gasteiger partial charge in [-0.15, -0.1) is 0 Å². The zero-order valence-corrected chi connectivity index (χ0v) is 37.5. The minimum Gasteiger partial charge on any atom is -0.310 e. The summed E-state index contributed by atoms with van der Waals surface area (Å²) < 4.78 is 0. The summed E-state index contributed by atoms with van der Waals surface area (Å²) in [5.41, 5.74) is 14.5. The van der Waals surface area contributed by atoms with Gasteiger partial charge in [-0.25, -0.2) is 0 Å². The molecular weight excluding hydrogens is 809 g/mol. The molecule has 2 heteroatoms. The van der Waals surface area contributed by atoms with Crippen molar-refractivity contribution in [2.45, 2.75) is 19.3 Å². The summed E-state index contributed by atoms with van der Waals surface area (Å²) in [5.74, 6) is 0. The van der Waals surface area contributed by atoms with E-state index in [0.717, 1.165) is 28.4 Å². The lowest BCUT2D eigenvalue weighted by molar-refractivity contribution is 0.660. The van der Waals surface area contributed by atoms with Gasteiger partial charge in [0.05, 0.1) is 17.1 Å². The first-order valence-corrected chi connectivity index (χ1v) is 23.3. The summed E-state index contributed by atoms with van der Waals surface area (Å²) in [6, 6.07) is 89.6. The maximum atomic E-state index is 2.55. The van der Waals surface area contributed by atoms with Gasteiger partial charge >= 0.3 is 0 Å². The summed E-state index contributed by atoms with van der Waals surface area (Å²) >= 11 is 0. The molecule has 0 radical (unpaired) electrons. The molecule has 0 aromatic heterocycles. The number of nitrogens with zero attached hydrogens (tertiary/aromatic N) is 2. The Labute approximate surface area is 391 Å². The van der Waals surface area contributed by atoms with E-state index < -0.39 is 0 Å². The van der Waals surface area contributed by atoms with Crippen LogP contribution in [0, 0.1) is 0 Å². The number of fused-ring (bicyclic) bond motifs is 8. The maximum absolute atomic E-state index is 2.55. The summed E-state index contributed by atoms with van der Waals surface area (Å²) in [7, 11) is 0. The summed E-state index contributed by atoms with van der Waals surface area (Å²) in [6.45, 7) is 4.75. The fourth-order valence-electron chi connectivity index (χ4n) is 11.2. The molecule has 0 unspecified atom stereocenters. The van der Waals surface area contributed by atoms with Crippen molar-refractivity contribution in [2.75, 3.05) is 9.80 Å². The van der Waals surface area contributed by atoms with Gasteiger partial charge in [0.15, 0.2) is 0 Å². The summed E-state index contributed by atoms with van der Waals surface area (Å²) in [5, 5.41) is 12.1. The van der Waals surface area contributed by atoms with E-state index in [1.165, 1.54) is 92.9 Å². The predicted molar refractivity (Wildman–Crippen MR) is 286 cm³/mol. The van der Waals surface area contributed by atoms with E-state index in [0.29, 0.717) is 0 Å². The van der Waals surface area contributed by atoms with Crippen molar-refractivity contribution in [3.05, 3.63) is 254 Å². The van der Waals surface area contributed by atoms with Crippen molar-refractivity contribution >= 4 is 88.0 Å². The average Bonchev–Trinajstić information content (AvgIpc) is 3.61. The first kappa shape index (κ1) is 39.0. The molecule has 0 fully saturated rings. The van der Waals surface area contributed by atoms with Gasteiger partial charge < -0.3 is 9.80 Å². The van der Waals surface area contributed by atoms with E-state index in [-0.39, 0.29) is 5.41 Å². The fourth-order valence-corrected chi connectivity index (χ4v) is 11.2.